The molecule has 0 aromatic rings. The summed E-state index contributed by atoms with van der Waals surface area (Å²) in [7, 11) is -0.694. The molecular weight excluding hydrogens is 184 g/mol. The third-order valence-electron chi connectivity index (χ3n) is 3.04. The SMILES string of the molecule is CC1CCCC[Si]1(C)C.[CH3-].[Ti]. The Morgan fingerprint density at radius 2 is 1.73 bits per heavy atom. The van der Waals surface area contributed by atoms with Crippen LogP contribution < -0.4 is 0 Å². The molecule has 1 rings (SSSR count). The molecule has 1 heterocycles. The van der Waals surface area contributed by atoms with Gasteiger partial charge >= 0.3 is 0 Å². The van der Waals surface area contributed by atoms with Crippen LogP contribution in [-0.2, 0) is 21.7 Å². The molecule has 1 saturated heterocycles. The Bertz CT molecular complexity index is 102. The van der Waals surface area contributed by atoms with Gasteiger partial charge in [-0.3, -0.25) is 0 Å². The van der Waals surface area contributed by atoms with Crippen molar-refractivity contribution in [1.29, 1.82) is 0 Å². The van der Waals surface area contributed by atoms with Crippen LogP contribution in [0.2, 0.25) is 24.7 Å². The van der Waals surface area contributed by atoms with Gasteiger partial charge in [0.2, 0.25) is 0 Å². The fourth-order valence-corrected chi connectivity index (χ4v) is 4.31. The largest absolute Gasteiger partial charge is 0.358 e. The minimum absolute atomic E-state index is 0. The van der Waals surface area contributed by atoms with E-state index in [2.05, 4.69) is 20.0 Å². The molecule has 66 valence electrons. The summed E-state index contributed by atoms with van der Waals surface area (Å²) < 4.78 is 0. The first-order valence-electron chi connectivity index (χ1n) is 4.13. The predicted octanol–water partition coefficient (Wildman–Crippen LogP) is 3.72. The smallest absolute Gasteiger partial charge is 0.0502 e. The van der Waals surface area contributed by atoms with E-state index in [0.29, 0.717) is 0 Å². The summed E-state index contributed by atoms with van der Waals surface area (Å²) in [5, 5.41) is 0. The third-order valence-corrected chi connectivity index (χ3v) is 7.64. The van der Waals surface area contributed by atoms with Gasteiger partial charge in [0.25, 0.3) is 0 Å². The topological polar surface area (TPSA) is 0 Å². The van der Waals surface area contributed by atoms with Crippen molar-refractivity contribution in [1.82, 2.24) is 0 Å². The van der Waals surface area contributed by atoms with Crippen LogP contribution in [0.5, 0.6) is 0 Å². The van der Waals surface area contributed by atoms with Gasteiger partial charge in [-0.15, -0.1) is 0 Å². The van der Waals surface area contributed by atoms with Crippen LogP contribution >= 0.6 is 0 Å². The molecule has 0 bridgehead atoms. The maximum absolute atomic E-state index is 2.54. The minimum Gasteiger partial charge on any atom is -0.358 e. The standard InChI is InChI=1S/C8H18Si.CH3.Ti/c1-8-6-4-5-7-9(8,2)3;;/h8H,4-7H2,1-3H3;1H3;/q;-1;. The molecule has 2 heteroatoms. The van der Waals surface area contributed by atoms with E-state index in [9.17, 15) is 0 Å². The third kappa shape index (κ3) is 3.91. The molecule has 1 atom stereocenters. The first kappa shape index (κ1) is 14.5. The van der Waals surface area contributed by atoms with Gasteiger partial charge in [-0.25, -0.2) is 0 Å². The summed E-state index contributed by atoms with van der Waals surface area (Å²) in [5.41, 5.74) is 1.09. The quantitative estimate of drug-likeness (QED) is 0.417. The Morgan fingerprint density at radius 3 is 2.00 bits per heavy atom. The normalized spacial score (nSPS) is 28.1. The zero-order valence-corrected chi connectivity index (χ0v) is 11.0. The van der Waals surface area contributed by atoms with E-state index >= 15 is 0 Å². The molecule has 0 aromatic heterocycles. The maximum atomic E-state index is 2.54. The van der Waals surface area contributed by atoms with Gasteiger partial charge < -0.3 is 7.43 Å². The van der Waals surface area contributed by atoms with Crippen molar-refractivity contribution in [3.63, 3.8) is 0 Å². The Kier molecular flexibility index (Phi) is 7.30. The van der Waals surface area contributed by atoms with E-state index in [1.54, 1.807) is 6.04 Å². The molecule has 0 radical (unpaired) electrons. The second-order valence-electron chi connectivity index (χ2n) is 4.14. The van der Waals surface area contributed by atoms with Crippen LogP contribution in [0.3, 0.4) is 0 Å². The van der Waals surface area contributed by atoms with E-state index in [1.165, 1.54) is 19.3 Å². The molecule has 0 spiro atoms. The fourth-order valence-electron chi connectivity index (χ4n) is 1.67. The van der Waals surface area contributed by atoms with Crippen molar-refractivity contribution in [3.8, 4) is 0 Å². The molecule has 0 nitrogen and oxygen atoms in total. The van der Waals surface area contributed by atoms with Crippen LogP contribution in [0, 0.1) is 7.43 Å². The Hall–Kier alpha value is 0.931. The zero-order valence-electron chi connectivity index (χ0n) is 8.41. The van der Waals surface area contributed by atoms with Crippen molar-refractivity contribution in [2.75, 3.05) is 0 Å². The summed E-state index contributed by atoms with van der Waals surface area (Å²) in [6.07, 6.45) is 4.53. The molecule has 1 fully saturated rings. The summed E-state index contributed by atoms with van der Waals surface area (Å²) in [6.45, 7) is 7.53. The first-order valence-corrected chi connectivity index (χ1v) is 7.41. The molecule has 1 aliphatic rings. The van der Waals surface area contributed by atoms with E-state index in [-0.39, 0.29) is 29.1 Å². The molecule has 11 heavy (non-hydrogen) atoms. The van der Waals surface area contributed by atoms with E-state index < -0.39 is 8.07 Å². The van der Waals surface area contributed by atoms with Gasteiger partial charge in [0.05, 0.1) is 8.07 Å². The molecule has 0 aromatic carbocycles. The number of hydrogen-bond donors (Lipinski definition) is 0. The minimum atomic E-state index is -0.694. The molecule has 1 unspecified atom stereocenters. The number of hydrogen-bond acceptors (Lipinski definition) is 0. The van der Waals surface area contributed by atoms with Crippen LogP contribution in [0.1, 0.15) is 26.2 Å². The van der Waals surface area contributed by atoms with Crippen molar-refractivity contribution in [2.45, 2.75) is 50.9 Å². The molecule has 0 amide bonds. The van der Waals surface area contributed by atoms with Gasteiger partial charge in [0.1, 0.15) is 0 Å². The average Bonchev–Trinajstić information content (AvgIpc) is 1.77. The molecule has 0 saturated carbocycles. The van der Waals surface area contributed by atoms with Crippen molar-refractivity contribution < 1.29 is 21.7 Å². The summed E-state index contributed by atoms with van der Waals surface area (Å²) >= 11 is 0. The second-order valence-corrected chi connectivity index (χ2v) is 9.60. The second kappa shape index (κ2) is 5.56. The van der Waals surface area contributed by atoms with Crippen LogP contribution in [0.25, 0.3) is 0 Å². The van der Waals surface area contributed by atoms with Crippen molar-refractivity contribution in [3.05, 3.63) is 7.43 Å². The van der Waals surface area contributed by atoms with Crippen molar-refractivity contribution >= 4 is 8.07 Å². The van der Waals surface area contributed by atoms with Crippen LogP contribution in [0.15, 0.2) is 0 Å². The van der Waals surface area contributed by atoms with Gasteiger partial charge in [-0.05, 0) is 5.54 Å². The summed E-state index contributed by atoms with van der Waals surface area (Å²) in [6, 6.07) is 1.58. The summed E-state index contributed by atoms with van der Waals surface area (Å²) in [4.78, 5) is 0. The molecular formula is C9H21SiTi-. The zero-order chi connectivity index (χ0) is 6.91. The predicted molar refractivity (Wildman–Crippen MR) is 52.0 cm³/mol. The van der Waals surface area contributed by atoms with Crippen LogP contribution in [0.4, 0.5) is 0 Å². The first-order chi connectivity index (χ1) is 4.13. The van der Waals surface area contributed by atoms with E-state index in [0.717, 1.165) is 5.54 Å². The van der Waals surface area contributed by atoms with Gasteiger partial charge in [0.15, 0.2) is 0 Å². The fraction of sp³-hybridized carbons (Fsp3) is 0.889. The molecule has 0 N–H and O–H groups in total. The monoisotopic (exact) mass is 205 g/mol. The Balaban J connectivity index is 0. The Labute approximate surface area is 88.0 Å². The number of rotatable bonds is 0. The Morgan fingerprint density at radius 1 is 1.18 bits per heavy atom. The van der Waals surface area contributed by atoms with Gasteiger partial charge in [-0.1, -0.05) is 45.3 Å². The molecule has 1 aliphatic heterocycles. The van der Waals surface area contributed by atoms with E-state index in [4.69, 9.17) is 0 Å². The van der Waals surface area contributed by atoms with Crippen molar-refractivity contribution in [2.24, 2.45) is 0 Å². The summed E-state index contributed by atoms with van der Waals surface area (Å²) in [5.74, 6) is 0. The van der Waals surface area contributed by atoms with Crippen LogP contribution in [-0.4, -0.2) is 8.07 Å². The maximum Gasteiger partial charge on any atom is 0.0502 e. The van der Waals surface area contributed by atoms with Gasteiger partial charge in [0, 0.05) is 21.7 Å². The average molecular weight is 205 g/mol. The molecule has 0 aliphatic carbocycles. The van der Waals surface area contributed by atoms with Gasteiger partial charge in [-0.2, -0.15) is 0 Å². The van der Waals surface area contributed by atoms with E-state index in [1.807, 2.05) is 0 Å².